The molecule has 0 aliphatic heterocycles. The predicted octanol–water partition coefficient (Wildman–Crippen LogP) is 2.74. The molecule has 0 unspecified atom stereocenters. The summed E-state index contributed by atoms with van der Waals surface area (Å²) in [5.41, 5.74) is -0.659. The quantitative estimate of drug-likeness (QED) is 0.646. The highest BCUT2D eigenvalue weighted by Gasteiger charge is 2.20. The van der Waals surface area contributed by atoms with Crippen molar-refractivity contribution in [1.29, 1.82) is 0 Å². The van der Waals surface area contributed by atoms with Gasteiger partial charge < -0.3 is 0 Å². The molecule has 0 bridgehead atoms. The fraction of sp³-hybridized carbons (Fsp3) is 0.0714. The van der Waals surface area contributed by atoms with Gasteiger partial charge in [0.05, 0.1) is 10.5 Å². The number of hydrogen-bond donors (Lipinski definition) is 0. The Kier molecular flexibility index (Phi) is 3.87. The van der Waals surface area contributed by atoms with E-state index in [-0.39, 0.29) is 10.5 Å². The van der Waals surface area contributed by atoms with E-state index < -0.39 is 38.6 Å². The van der Waals surface area contributed by atoms with Crippen LogP contribution in [0, 0.1) is 17.5 Å². The summed E-state index contributed by atoms with van der Waals surface area (Å²) in [5, 5.41) is 0. The Balaban J connectivity index is 2.44. The fourth-order valence-corrected chi connectivity index (χ4v) is 2.34. The Labute approximate surface area is 119 Å². The van der Waals surface area contributed by atoms with Crippen molar-refractivity contribution in [3.63, 3.8) is 0 Å². The van der Waals surface area contributed by atoms with Gasteiger partial charge in [-0.3, -0.25) is 4.79 Å². The largest absolute Gasteiger partial charge is 0.288 e. The molecule has 0 N–H and O–H groups in total. The summed E-state index contributed by atoms with van der Waals surface area (Å²) in [6.45, 7) is 0. The van der Waals surface area contributed by atoms with E-state index in [1.165, 1.54) is 24.3 Å². The smallest absolute Gasteiger partial charge is 0.196 e. The van der Waals surface area contributed by atoms with Crippen molar-refractivity contribution in [3.05, 3.63) is 65.0 Å². The van der Waals surface area contributed by atoms with E-state index in [2.05, 4.69) is 0 Å². The minimum absolute atomic E-state index is 0.00944. The van der Waals surface area contributed by atoms with Crippen LogP contribution in [-0.4, -0.2) is 20.5 Å². The molecule has 2 aromatic carbocycles. The first-order chi connectivity index (χ1) is 9.71. The molecule has 0 aliphatic rings. The highest BCUT2D eigenvalue weighted by molar-refractivity contribution is 7.90. The predicted molar refractivity (Wildman–Crippen MR) is 69.3 cm³/mol. The average molecular weight is 314 g/mol. The molecular formula is C14H9F3O3S. The summed E-state index contributed by atoms with van der Waals surface area (Å²) in [7, 11) is -3.43. The van der Waals surface area contributed by atoms with Crippen LogP contribution in [0.2, 0.25) is 0 Å². The molecule has 110 valence electrons. The number of carbonyl (C=O) groups is 1. The first kappa shape index (κ1) is 15.2. The van der Waals surface area contributed by atoms with E-state index >= 15 is 0 Å². The second kappa shape index (κ2) is 5.33. The normalized spacial score (nSPS) is 11.4. The molecule has 0 amide bonds. The molecule has 3 nitrogen and oxygen atoms in total. The van der Waals surface area contributed by atoms with Gasteiger partial charge in [0.15, 0.2) is 33.1 Å². The Morgan fingerprint density at radius 3 is 2.00 bits per heavy atom. The number of benzene rings is 2. The van der Waals surface area contributed by atoms with Gasteiger partial charge in [0.2, 0.25) is 0 Å². The standard InChI is InChI=1S/C14H9F3O3S/c1-21(19,20)9-4-2-8(3-5-9)14(18)10-6-7-11(15)13(17)12(10)16/h2-7H,1H3. The Morgan fingerprint density at radius 2 is 1.48 bits per heavy atom. The molecular weight excluding hydrogens is 305 g/mol. The van der Waals surface area contributed by atoms with Crippen molar-refractivity contribution in [2.75, 3.05) is 6.26 Å². The fourth-order valence-electron chi connectivity index (χ4n) is 1.71. The molecule has 0 spiro atoms. The maximum atomic E-state index is 13.5. The van der Waals surface area contributed by atoms with Gasteiger partial charge in [-0.25, -0.2) is 21.6 Å². The van der Waals surface area contributed by atoms with Gasteiger partial charge in [-0.2, -0.15) is 0 Å². The zero-order valence-electron chi connectivity index (χ0n) is 10.7. The van der Waals surface area contributed by atoms with Crippen molar-refractivity contribution < 1.29 is 26.4 Å². The van der Waals surface area contributed by atoms with Crippen molar-refractivity contribution >= 4 is 15.6 Å². The van der Waals surface area contributed by atoms with Crippen LogP contribution in [0.5, 0.6) is 0 Å². The molecule has 0 fully saturated rings. The van der Waals surface area contributed by atoms with Crippen LogP contribution in [0.15, 0.2) is 41.3 Å². The van der Waals surface area contributed by atoms with Gasteiger partial charge in [-0.05, 0) is 36.4 Å². The third-order valence-electron chi connectivity index (χ3n) is 2.82. The highest BCUT2D eigenvalue weighted by atomic mass is 32.2. The molecule has 21 heavy (non-hydrogen) atoms. The lowest BCUT2D eigenvalue weighted by Gasteiger charge is -2.05. The second-order valence-corrected chi connectivity index (χ2v) is 6.36. The summed E-state index contributed by atoms with van der Waals surface area (Å²) < 4.78 is 62.0. The number of sulfone groups is 1. The average Bonchev–Trinajstić information content (AvgIpc) is 2.43. The number of carbonyl (C=O) groups excluding carboxylic acids is 1. The minimum atomic E-state index is -3.43. The molecule has 0 heterocycles. The molecule has 0 radical (unpaired) electrons. The summed E-state index contributed by atoms with van der Waals surface area (Å²) in [4.78, 5) is 12.0. The third-order valence-corrected chi connectivity index (χ3v) is 3.95. The zero-order chi connectivity index (χ0) is 15.8. The van der Waals surface area contributed by atoms with Crippen LogP contribution < -0.4 is 0 Å². The number of hydrogen-bond acceptors (Lipinski definition) is 3. The van der Waals surface area contributed by atoms with Crippen molar-refractivity contribution in [2.45, 2.75) is 4.90 Å². The topological polar surface area (TPSA) is 51.2 Å². The molecule has 0 saturated heterocycles. The van der Waals surface area contributed by atoms with E-state index in [1.807, 2.05) is 0 Å². The molecule has 2 aromatic rings. The van der Waals surface area contributed by atoms with Gasteiger partial charge in [0.1, 0.15) is 0 Å². The number of halogens is 3. The Morgan fingerprint density at radius 1 is 0.905 bits per heavy atom. The molecule has 0 saturated carbocycles. The summed E-state index contributed by atoms with van der Waals surface area (Å²) in [6, 6.07) is 6.20. The first-order valence-corrected chi connectivity index (χ1v) is 7.59. The van der Waals surface area contributed by atoms with Gasteiger partial charge in [-0.1, -0.05) is 0 Å². The third kappa shape index (κ3) is 2.97. The van der Waals surface area contributed by atoms with Gasteiger partial charge in [-0.15, -0.1) is 0 Å². The monoisotopic (exact) mass is 314 g/mol. The maximum Gasteiger partial charge on any atom is 0.196 e. The lowest BCUT2D eigenvalue weighted by Crippen LogP contribution is -2.07. The van der Waals surface area contributed by atoms with Crippen molar-refractivity contribution in [2.24, 2.45) is 0 Å². The molecule has 2 rings (SSSR count). The van der Waals surface area contributed by atoms with E-state index in [0.29, 0.717) is 6.07 Å². The van der Waals surface area contributed by atoms with Crippen molar-refractivity contribution in [3.8, 4) is 0 Å². The second-order valence-electron chi connectivity index (χ2n) is 4.35. The van der Waals surface area contributed by atoms with E-state index in [0.717, 1.165) is 12.3 Å². The van der Waals surface area contributed by atoms with E-state index in [4.69, 9.17) is 0 Å². The van der Waals surface area contributed by atoms with Crippen LogP contribution in [0.4, 0.5) is 13.2 Å². The summed E-state index contributed by atoms with van der Waals surface area (Å²) >= 11 is 0. The number of ketones is 1. The maximum absolute atomic E-state index is 13.5. The van der Waals surface area contributed by atoms with Gasteiger partial charge in [0.25, 0.3) is 0 Å². The van der Waals surface area contributed by atoms with Crippen LogP contribution in [0.3, 0.4) is 0 Å². The Bertz CT molecular complexity index is 812. The van der Waals surface area contributed by atoms with Crippen LogP contribution in [-0.2, 0) is 9.84 Å². The van der Waals surface area contributed by atoms with Crippen LogP contribution in [0.25, 0.3) is 0 Å². The lowest BCUT2D eigenvalue weighted by atomic mass is 10.0. The van der Waals surface area contributed by atoms with E-state index in [1.54, 1.807) is 0 Å². The highest BCUT2D eigenvalue weighted by Crippen LogP contribution is 2.19. The Hall–Kier alpha value is -2.15. The van der Waals surface area contributed by atoms with E-state index in [9.17, 15) is 26.4 Å². The zero-order valence-corrected chi connectivity index (χ0v) is 11.5. The summed E-state index contributed by atoms with van der Waals surface area (Å²) in [5.74, 6) is -5.57. The molecule has 0 aromatic heterocycles. The molecule has 0 aliphatic carbocycles. The van der Waals surface area contributed by atoms with Gasteiger partial charge >= 0.3 is 0 Å². The van der Waals surface area contributed by atoms with Crippen LogP contribution >= 0.6 is 0 Å². The minimum Gasteiger partial charge on any atom is -0.288 e. The molecule has 7 heteroatoms. The van der Waals surface area contributed by atoms with Gasteiger partial charge in [0, 0.05) is 11.8 Å². The van der Waals surface area contributed by atoms with Crippen LogP contribution in [0.1, 0.15) is 15.9 Å². The summed E-state index contributed by atoms with van der Waals surface area (Å²) in [6.07, 6.45) is 0.999. The lowest BCUT2D eigenvalue weighted by molar-refractivity contribution is 0.103. The SMILES string of the molecule is CS(=O)(=O)c1ccc(C(=O)c2ccc(F)c(F)c2F)cc1. The van der Waals surface area contributed by atoms with Crippen molar-refractivity contribution in [1.82, 2.24) is 0 Å². The first-order valence-electron chi connectivity index (χ1n) is 5.70. The molecule has 0 atom stereocenters. The number of rotatable bonds is 3.